The molecule has 0 amide bonds. The van der Waals surface area contributed by atoms with Crippen LogP contribution in [0.25, 0.3) is 11.4 Å². The zero-order chi connectivity index (χ0) is 15.9. The van der Waals surface area contributed by atoms with Crippen molar-refractivity contribution in [1.82, 2.24) is 15.0 Å². The molecule has 1 aromatic carbocycles. The van der Waals surface area contributed by atoms with Crippen LogP contribution in [0.5, 0.6) is 11.5 Å². The van der Waals surface area contributed by atoms with Crippen LogP contribution in [0.3, 0.4) is 0 Å². The van der Waals surface area contributed by atoms with Crippen LogP contribution in [0.2, 0.25) is 0 Å². The lowest BCUT2D eigenvalue weighted by molar-refractivity contribution is 0.264. The zero-order valence-electron chi connectivity index (χ0n) is 13.6. The van der Waals surface area contributed by atoms with Crippen LogP contribution >= 0.6 is 0 Å². The van der Waals surface area contributed by atoms with Gasteiger partial charge in [-0.3, -0.25) is 4.90 Å². The Morgan fingerprint density at radius 3 is 2.73 bits per heavy atom. The quantitative estimate of drug-likeness (QED) is 0.747. The van der Waals surface area contributed by atoms with Gasteiger partial charge in [0.1, 0.15) is 11.5 Å². The van der Waals surface area contributed by atoms with Crippen LogP contribution in [-0.2, 0) is 6.54 Å². The molecule has 0 saturated heterocycles. The van der Waals surface area contributed by atoms with Crippen molar-refractivity contribution >= 4 is 0 Å². The highest BCUT2D eigenvalue weighted by Gasteiger charge is 2.15. The smallest absolute Gasteiger partial charge is 0.241 e. The first kappa shape index (κ1) is 16.3. The molecular weight excluding hydrogens is 282 g/mol. The van der Waals surface area contributed by atoms with Gasteiger partial charge in [0.25, 0.3) is 0 Å². The zero-order valence-corrected chi connectivity index (χ0v) is 13.6. The molecule has 0 unspecified atom stereocenters. The minimum Gasteiger partial charge on any atom is -0.497 e. The molecule has 22 heavy (non-hydrogen) atoms. The predicted octanol–water partition coefficient (Wildman–Crippen LogP) is 2.99. The lowest BCUT2D eigenvalue weighted by atomic mass is 10.2. The first-order chi connectivity index (χ1) is 10.7. The standard InChI is InChI=1S/C16H23N3O3/c1-5-6-9-19(2)11-15-17-16(18-22-15)13-8-7-12(20-3)10-14(13)21-4/h7-8,10H,5-6,9,11H2,1-4H3. The summed E-state index contributed by atoms with van der Waals surface area (Å²) in [6.45, 7) is 3.83. The van der Waals surface area contributed by atoms with Gasteiger partial charge in [-0.25, -0.2) is 0 Å². The molecule has 6 nitrogen and oxygen atoms in total. The monoisotopic (exact) mass is 305 g/mol. The molecule has 120 valence electrons. The van der Waals surface area contributed by atoms with Crippen LogP contribution in [0.4, 0.5) is 0 Å². The van der Waals surface area contributed by atoms with Gasteiger partial charge in [0.15, 0.2) is 0 Å². The number of ether oxygens (including phenoxy) is 2. The Morgan fingerprint density at radius 1 is 1.23 bits per heavy atom. The topological polar surface area (TPSA) is 60.6 Å². The number of methoxy groups -OCH3 is 2. The maximum Gasteiger partial charge on any atom is 0.241 e. The van der Waals surface area contributed by atoms with E-state index in [1.165, 1.54) is 6.42 Å². The Labute approximate surface area is 131 Å². The summed E-state index contributed by atoms with van der Waals surface area (Å²) in [5.74, 6) is 2.51. The summed E-state index contributed by atoms with van der Waals surface area (Å²) in [5.41, 5.74) is 0.787. The fourth-order valence-corrected chi connectivity index (χ4v) is 2.15. The van der Waals surface area contributed by atoms with Crippen LogP contribution in [0.1, 0.15) is 25.7 Å². The number of hydrogen-bond donors (Lipinski definition) is 0. The van der Waals surface area contributed by atoms with Gasteiger partial charge >= 0.3 is 0 Å². The maximum atomic E-state index is 5.37. The van der Waals surface area contributed by atoms with Crippen molar-refractivity contribution in [2.24, 2.45) is 0 Å². The minimum absolute atomic E-state index is 0.526. The van der Waals surface area contributed by atoms with Crippen molar-refractivity contribution in [2.75, 3.05) is 27.8 Å². The number of nitrogens with zero attached hydrogens (tertiary/aromatic N) is 3. The van der Waals surface area contributed by atoms with Gasteiger partial charge in [-0.1, -0.05) is 18.5 Å². The van der Waals surface area contributed by atoms with Crippen molar-refractivity contribution in [1.29, 1.82) is 0 Å². The van der Waals surface area contributed by atoms with Gasteiger partial charge in [-0.05, 0) is 32.1 Å². The second-order valence-electron chi connectivity index (χ2n) is 5.17. The van der Waals surface area contributed by atoms with E-state index in [4.69, 9.17) is 14.0 Å². The van der Waals surface area contributed by atoms with Crippen molar-refractivity contribution in [3.8, 4) is 22.9 Å². The third-order valence-corrected chi connectivity index (χ3v) is 3.42. The second-order valence-corrected chi connectivity index (χ2v) is 5.17. The molecule has 0 saturated carbocycles. The fourth-order valence-electron chi connectivity index (χ4n) is 2.15. The van der Waals surface area contributed by atoms with E-state index in [0.717, 1.165) is 24.3 Å². The molecule has 0 aliphatic rings. The van der Waals surface area contributed by atoms with Crippen LogP contribution < -0.4 is 9.47 Å². The number of rotatable bonds is 8. The van der Waals surface area contributed by atoms with Crippen molar-refractivity contribution < 1.29 is 14.0 Å². The predicted molar refractivity (Wildman–Crippen MR) is 84.1 cm³/mol. The summed E-state index contributed by atoms with van der Waals surface area (Å²) in [6, 6.07) is 5.52. The van der Waals surface area contributed by atoms with Crippen molar-refractivity contribution in [2.45, 2.75) is 26.3 Å². The molecule has 0 fully saturated rings. The SMILES string of the molecule is CCCCN(C)Cc1nc(-c2ccc(OC)cc2OC)no1. The summed E-state index contributed by atoms with van der Waals surface area (Å²) in [4.78, 5) is 6.63. The number of aromatic nitrogens is 2. The van der Waals surface area contributed by atoms with E-state index in [1.807, 2.05) is 19.2 Å². The third-order valence-electron chi connectivity index (χ3n) is 3.42. The largest absolute Gasteiger partial charge is 0.497 e. The second kappa shape index (κ2) is 7.79. The van der Waals surface area contributed by atoms with E-state index in [0.29, 0.717) is 24.0 Å². The summed E-state index contributed by atoms with van der Waals surface area (Å²) in [7, 11) is 5.28. The maximum absolute atomic E-state index is 5.37. The minimum atomic E-state index is 0.526. The molecule has 2 rings (SSSR count). The van der Waals surface area contributed by atoms with Crippen molar-refractivity contribution in [3.05, 3.63) is 24.1 Å². The molecule has 0 atom stereocenters. The Morgan fingerprint density at radius 2 is 2.05 bits per heavy atom. The highest BCUT2D eigenvalue weighted by Crippen LogP contribution is 2.31. The Kier molecular flexibility index (Phi) is 5.77. The summed E-state index contributed by atoms with van der Waals surface area (Å²) in [6.07, 6.45) is 2.33. The molecule has 0 bridgehead atoms. The number of hydrogen-bond acceptors (Lipinski definition) is 6. The van der Waals surface area contributed by atoms with E-state index in [1.54, 1.807) is 20.3 Å². The van der Waals surface area contributed by atoms with Gasteiger partial charge in [-0.2, -0.15) is 4.98 Å². The summed E-state index contributed by atoms with van der Waals surface area (Å²) in [5, 5.41) is 4.05. The number of benzene rings is 1. The fraction of sp³-hybridized carbons (Fsp3) is 0.500. The molecule has 0 spiro atoms. The van der Waals surface area contributed by atoms with E-state index >= 15 is 0 Å². The van der Waals surface area contributed by atoms with E-state index in [2.05, 4.69) is 22.0 Å². The molecule has 0 N–H and O–H groups in total. The Balaban J connectivity index is 2.14. The van der Waals surface area contributed by atoms with Crippen LogP contribution in [-0.4, -0.2) is 42.9 Å². The summed E-state index contributed by atoms with van der Waals surface area (Å²) < 4.78 is 15.9. The highest BCUT2D eigenvalue weighted by molar-refractivity contribution is 5.65. The molecular formula is C16H23N3O3. The van der Waals surface area contributed by atoms with Crippen molar-refractivity contribution in [3.63, 3.8) is 0 Å². The van der Waals surface area contributed by atoms with E-state index in [9.17, 15) is 0 Å². The molecule has 0 aliphatic heterocycles. The molecule has 1 heterocycles. The van der Waals surface area contributed by atoms with Crippen LogP contribution in [0, 0.1) is 0 Å². The van der Waals surface area contributed by atoms with Gasteiger partial charge in [-0.15, -0.1) is 0 Å². The van der Waals surface area contributed by atoms with Gasteiger partial charge < -0.3 is 14.0 Å². The Bertz CT molecular complexity index is 598. The molecule has 1 aromatic heterocycles. The molecule has 6 heteroatoms. The lowest BCUT2D eigenvalue weighted by Crippen LogP contribution is -2.19. The summed E-state index contributed by atoms with van der Waals surface area (Å²) >= 11 is 0. The first-order valence-corrected chi connectivity index (χ1v) is 7.41. The van der Waals surface area contributed by atoms with Gasteiger partial charge in [0.05, 0.1) is 26.3 Å². The number of unbranched alkanes of at least 4 members (excludes halogenated alkanes) is 1. The Hall–Kier alpha value is -2.08. The molecule has 2 aromatic rings. The first-order valence-electron chi connectivity index (χ1n) is 7.41. The van der Waals surface area contributed by atoms with Crippen LogP contribution in [0.15, 0.2) is 22.7 Å². The average Bonchev–Trinajstić information content (AvgIpc) is 3.00. The van der Waals surface area contributed by atoms with E-state index < -0.39 is 0 Å². The van der Waals surface area contributed by atoms with E-state index in [-0.39, 0.29) is 0 Å². The highest BCUT2D eigenvalue weighted by atomic mass is 16.5. The molecule has 0 aliphatic carbocycles. The normalized spacial score (nSPS) is 11.0. The van der Waals surface area contributed by atoms with Gasteiger partial charge in [0.2, 0.25) is 11.7 Å². The average molecular weight is 305 g/mol. The third kappa shape index (κ3) is 3.98. The molecule has 0 radical (unpaired) electrons. The van der Waals surface area contributed by atoms with Gasteiger partial charge in [0, 0.05) is 6.07 Å². The lowest BCUT2D eigenvalue weighted by Gasteiger charge is -2.12.